The topological polar surface area (TPSA) is 20.3 Å². The highest BCUT2D eigenvalue weighted by Gasteiger charge is 2.13. The normalized spacial score (nSPS) is 16.4. The van der Waals surface area contributed by atoms with E-state index in [1.54, 1.807) is 6.08 Å². The van der Waals surface area contributed by atoms with Gasteiger partial charge in [-0.3, -0.25) is 4.79 Å². The molecule has 18 heavy (non-hydrogen) atoms. The Bertz CT molecular complexity index is 247. The van der Waals surface area contributed by atoms with Crippen LogP contribution in [0.25, 0.3) is 0 Å². The van der Waals surface area contributed by atoms with Gasteiger partial charge < -0.3 is 4.90 Å². The number of nitrogens with zero attached hydrogens (tertiary/aromatic N) is 1. The third kappa shape index (κ3) is 7.10. The Labute approximate surface area is 116 Å². The van der Waals surface area contributed by atoms with Gasteiger partial charge in [-0.2, -0.15) is 11.8 Å². The Hall–Kier alpha value is -0.440. The third-order valence-electron chi connectivity index (χ3n) is 3.31. The van der Waals surface area contributed by atoms with Crippen molar-refractivity contribution in [2.45, 2.75) is 51.9 Å². The minimum absolute atomic E-state index is 0.210. The summed E-state index contributed by atoms with van der Waals surface area (Å²) in [7, 11) is 0. The van der Waals surface area contributed by atoms with Crippen molar-refractivity contribution in [1.82, 2.24) is 4.90 Å². The molecule has 0 radical (unpaired) electrons. The summed E-state index contributed by atoms with van der Waals surface area (Å²) in [5.74, 6) is 2.40. The Morgan fingerprint density at radius 1 is 1.11 bits per heavy atom. The number of hydrogen-bond donors (Lipinski definition) is 0. The van der Waals surface area contributed by atoms with E-state index < -0.39 is 0 Å². The molecular weight excluding hydrogens is 242 g/mol. The lowest BCUT2D eigenvalue weighted by Gasteiger charge is -2.25. The van der Waals surface area contributed by atoms with Crippen molar-refractivity contribution in [1.29, 1.82) is 0 Å². The average molecular weight is 269 g/mol. The molecule has 104 valence electrons. The van der Waals surface area contributed by atoms with Gasteiger partial charge >= 0.3 is 0 Å². The molecule has 1 saturated heterocycles. The molecule has 0 aromatic carbocycles. The lowest BCUT2D eigenvalue weighted by Crippen LogP contribution is -2.36. The summed E-state index contributed by atoms with van der Waals surface area (Å²) in [6.07, 6.45) is 12.8. The molecule has 1 heterocycles. The van der Waals surface area contributed by atoms with Gasteiger partial charge in [-0.1, -0.05) is 45.1 Å². The van der Waals surface area contributed by atoms with Gasteiger partial charge in [0.2, 0.25) is 5.91 Å². The maximum absolute atomic E-state index is 11.8. The molecular formula is C15H27NOS. The van der Waals surface area contributed by atoms with E-state index in [0.29, 0.717) is 0 Å². The van der Waals surface area contributed by atoms with Crippen LogP contribution in [0.1, 0.15) is 51.9 Å². The number of carbonyl (C=O) groups is 1. The smallest absolute Gasteiger partial charge is 0.246 e. The fraction of sp³-hybridized carbons (Fsp3) is 0.800. The maximum atomic E-state index is 11.8. The number of carbonyl (C=O) groups excluding carboxylic acids is 1. The zero-order chi connectivity index (χ0) is 13.1. The van der Waals surface area contributed by atoms with Crippen molar-refractivity contribution in [2.24, 2.45) is 0 Å². The van der Waals surface area contributed by atoms with Crippen molar-refractivity contribution >= 4 is 17.7 Å². The van der Waals surface area contributed by atoms with Gasteiger partial charge in [0, 0.05) is 24.6 Å². The molecule has 1 rings (SSSR count). The number of amides is 1. The second kappa shape index (κ2) is 10.5. The highest BCUT2D eigenvalue weighted by Crippen LogP contribution is 2.10. The van der Waals surface area contributed by atoms with E-state index in [1.165, 1.54) is 38.5 Å². The second-order valence-corrected chi connectivity index (χ2v) is 6.12. The van der Waals surface area contributed by atoms with Gasteiger partial charge in [-0.05, 0) is 18.9 Å². The summed E-state index contributed by atoms with van der Waals surface area (Å²) >= 11 is 1.94. The molecule has 0 N–H and O–H groups in total. The van der Waals surface area contributed by atoms with E-state index in [1.807, 2.05) is 16.7 Å². The molecule has 3 heteroatoms. The van der Waals surface area contributed by atoms with Gasteiger partial charge in [-0.15, -0.1) is 0 Å². The Morgan fingerprint density at radius 2 is 1.78 bits per heavy atom. The predicted molar refractivity (Wildman–Crippen MR) is 81.0 cm³/mol. The van der Waals surface area contributed by atoms with Crippen molar-refractivity contribution < 1.29 is 4.79 Å². The maximum Gasteiger partial charge on any atom is 0.246 e. The van der Waals surface area contributed by atoms with E-state index in [2.05, 4.69) is 13.0 Å². The van der Waals surface area contributed by atoms with E-state index in [0.717, 1.165) is 31.0 Å². The number of unbranched alkanes of at least 4 members (excludes halogenated alkanes) is 6. The molecule has 0 atom stereocenters. The summed E-state index contributed by atoms with van der Waals surface area (Å²) in [6.45, 7) is 4.09. The van der Waals surface area contributed by atoms with Crippen LogP contribution in [0, 0.1) is 0 Å². The first kappa shape index (κ1) is 15.6. The zero-order valence-electron chi connectivity index (χ0n) is 11.7. The van der Waals surface area contributed by atoms with Gasteiger partial charge in [0.1, 0.15) is 0 Å². The minimum Gasteiger partial charge on any atom is -0.338 e. The van der Waals surface area contributed by atoms with Crippen molar-refractivity contribution in [2.75, 3.05) is 24.6 Å². The summed E-state index contributed by atoms with van der Waals surface area (Å²) in [6, 6.07) is 0. The number of hydrogen-bond acceptors (Lipinski definition) is 2. The summed E-state index contributed by atoms with van der Waals surface area (Å²) in [4.78, 5) is 13.8. The summed E-state index contributed by atoms with van der Waals surface area (Å²) in [5, 5.41) is 0. The monoisotopic (exact) mass is 269 g/mol. The van der Waals surface area contributed by atoms with Crippen molar-refractivity contribution in [3.05, 3.63) is 12.2 Å². The highest BCUT2D eigenvalue weighted by molar-refractivity contribution is 7.99. The first-order valence-corrected chi connectivity index (χ1v) is 8.53. The van der Waals surface area contributed by atoms with Crippen LogP contribution in [0.3, 0.4) is 0 Å². The van der Waals surface area contributed by atoms with Crippen LogP contribution in [-0.2, 0) is 4.79 Å². The number of allylic oxidation sites excluding steroid dienone is 1. The van der Waals surface area contributed by atoms with Crippen LogP contribution >= 0.6 is 11.8 Å². The zero-order valence-corrected chi connectivity index (χ0v) is 12.5. The van der Waals surface area contributed by atoms with E-state index in [4.69, 9.17) is 0 Å². The van der Waals surface area contributed by atoms with Gasteiger partial charge in [0.15, 0.2) is 0 Å². The first-order chi connectivity index (χ1) is 8.84. The third-order valence-corrected chi connectivity index (χ3v) is 4.25. The lowest BCUT2D eigenvalue weighted by atomic mass is 10.1. The highest BCUT2D eigenvalue weighted by atomic mass is 32.2. The lowest BCUT2D eigenvalue weighted by molar-refractivity contribution is -0.125. The second-order valence-electron chi connectivity index (χ2n) is 4.90. The summed E-state index contributed by atoms with van der Waals surface area (Å²) in [5.41, 5.74) is 0. The minimum atomic E-state index is 0.210. The molecule has 2 nitrogen and oxygen atoms in total. The number of rotatable bonds is 8. The molecule has 1 aliphatic rings. The predicted octanol–water partition coefficient (Wildman–Crippen LogP) is 3.87. The molecule has 0 aliphatic carbocycles. The fourth-order valence-corrected chi connectivity index (χ4v) is 3.02. The number of thioether (sulfide) groups is 1. The van der Waals surface area contributed by atoms with Crippen LogP contribution in [0.4, 0.5) is 0 Å². The molecule has 0 unspecified atom stereocenters. The van der Waals surface area contributed by atoms with E-state index >= 15 is 0 Å². The standard InChI is InChI=1S/C15H27NOS/c1-2-3-4-5-6-7-8-9-10-15(17)16-11-13-18-14-12-16/h9-10H,2-8,11-14H2,1H3/b10-9+. The summed E-state index contributed by atoms with van der Waals surface area (Å²) < 4.78 is 0. The van der Waals surface area contributed by atoms with Crippen molar-refractivity contribution in [3.8, 4) is 0 Å². The molecule has 0 bridgehead atoms. The largest absolute Gasteiger partial charge is 0.338 e. The van der Waals surface area contributed by atoms with Crippen LogP contribution in [0.2, 0.25) is 0 Å². The van der Waals surface area contributed by atoms with Gasteiger partial charge in [-0.25, -0.2) is 0 Å². The molecule has 0 aromatic heterocycles. The van der Waals surface area contributed by atoms with E-state index in [-0.39, 0.29) is 5.91 Å². The Balaban J connectivity index is 2.00. The van der Waals surface area contributed by atoms with Crippen LogP contribution in [0.5, 0.6) is 0 Å². The van der Waals surface area contributed by atoms with Crippen LogP contribution in [0.15, 0.2) is 12.2 Å². The van der Waals surface area contributed by atoms with Crippen LogP contribution in [-0.4, -0.2) is 35.4 Å². The Morgan fingerprint density at radius 3 is 2.50 bits per heavy atom. The molecule has 1 fully saturated rings. The van der Waals surface area contributed by atoms with Crippen molar-refractivity contribution in [3.63, 3.8) is 0 Å². The quantitative estimate of drug-likeness (QED) is 0.492. The first-order valence-electron chi connectivity index (χ1n) is 7.37. The molecule has 0 spiro atoms. The molecule has 0 aromatic rings. The molecule has 0 saturated carbocycles. The Kier molecular flexibility index (Phi) is 9.09. The van der Waals surface area contributed by atoms with Crippen LogP contribution < -0.4 is 0 Å². The van der Waals surface area contributed by atoms with Gasteiger partial charge in [0.25, 0.3) is 0 Å². The van der Waals surface area contributed by atoms with Gasteiger partial charge in [0.05, 0.1) is 0 Å². The fourth-order valence-electron chi connectivity index (χ4n) is 2.12. The molecule has 1 amide bonds. The molecule has 1 aliphatic heterocycles. The SMILES string of the molecule is CCCCCCCC/C=C/C(=O)N1CCSCC1. The van der Waals surface area contributed by atoms with E-state index in [9.17, 15) is 4.79 Å². The average Bonchev–Trinajstić information content (AvgIpc) is 2.42.